The molecule has 0 saturated heterocycles. The van der Waals surface area contributed by atoms with E-state index in [1.807, 2.05) is 19.1 Å². The van der Waals surface area contributed by atoms with Gasteiger partial charge >= 0.3 is 5.97 Å². The van der Waals surface area contributed by atoms with Crippen molar-refractivity contribution in [2.24, 2.45) is 5.92 Å². The molecule has 1 aromatic rings. The molecule has 0 amide bonds. The van der Waals surface area contributed by atoms with Crippen LogP contribution in [-0.4, -0.2) is 18.9 Å². The summed E-state index contributed by atoms with van der Waals surface area (Å²) in [5, 5.41) is 0. The third kappa shape index (κ3) is 2.38. The van der Waals surface area contributed by atoms with Gasteiger partial charge in [0.25, 0.3) is 0 Å². The van der Waals surface area contributed by atoms with Crippen molar-refractivity contribution in [3.05, 3.63) is 35.4 Å². The summed E-state index contributed by atoms with van der Waals surface area (Å²) in [6.45, 7) is 1.90. The van der Waals surface area contributed by atoms with Gasteiger partial charge in [-0.3, -0.25) is 4.79 Å². The molecule has 0 bridgehead atoms. The fourth-order valence-electron chi connectivity index (χ4n) is 2.17. The zero-order chi connectivity index (χ0) is 12.4. The highest BCUT2D eigenvalue weighted by atomic mass is 16.5. The number of ether oxygens (including phenoxy) is 1. The Bertz CT molecular complexity index is 433. The monoisotopic (exact) mass is 232 g/mol. The lowest BCUT2D eigenvalue weighted by atomic mass is 10.0. The third-order valence-corrected chi connectivity index (χ3v) is 3.31. The summed E-state index contributed by atoms with van der Waals surface area (Å²) in [4.78, 5) is 22.8. The molecule has 1 aromatic carbocycles. The second-order valence-electron chi connectivity index (χ2n) is 4.38. The number of Topliss-reactive ketones (excluding diaryl/α,β-unsaturated/α-hetero) is 1. The molecule has 1 aliphatic rings. The van der Waals surface area contributed by atoms with Gasteiger partial charge in [-0.15, -0.1) is 0 Å². The Labute approximate surface area is 101 Å². The van der Waals surface area contributed by atoms with Crippen molar-refractivity contribution in [1.29, 1.82) is 0 Å². The van der Waals surface area contributed by atoms with Crippen LogP contribution in [0.3, 0.4) is 0 Å². The minimum atomic E-state index is -0.325. The number of carbonyl (C=O) groups is 2. The van der Waals surface area contributed by atoms with Gasteiger partial charge in [-0.2, -0.15) is 0 Å². The van der Waals surface area contributed by atoms with Crippen LogP contribution in [0.5, 0.6) is 0 Å². The van der Waals surface area contributed by atoms with E-state index in [1.54, 1.807) is 12.1 Å². The van der Waals surface area contributed by atoms with E-state index in [9.17, 15) is 9.59 Å². The maximum Gasteiger partial charge on any atom is 0.337 e. The minimum absolute atomic E-state index is 0.198. The number of rotatable bonds is 4. The topological polar surface area (TPSA) is 43.4 Å². The maximum atomic E-state index is 11.5. The number of carbonyl (C=O) groups excluding carboxylic acids is 2. The van der Waals surface area contributed by atoms with Gasteiger partial charge in [-0.05, 0) is 30.0 Å². The molecule has 0 heterocycles. The van der Waals surface area contributed by atoms with Gasteiger partial charge in [0.2, 0.25) is 0 Å². The van der Waals surface area contributed by atoms with E-state index in [0.29, 0.717) is 23.7 Å². The molecule has 90 valence electrons. The number of ketones is 1. The van der Waals surface area contributed by atoms with E-state index >= 15 is 0 Å². The summed E-state index contributed by atoms with van der Waals surface area (Å²) in [7, 11) is 1.37. The smallest absolute Gasteiger partial charge is 0.337 e. The summed E-state index contributed by atoms with van der Waals surface area (Å²) in [6, 6.07) is 7.35. The lowest BCUT2D eigenvalue weighted by Crippen LogP contribution is -2.02. The average molecular weight is 232 g/mol. The van der Waals surface area contributed by atoms with E-state index in [4.69, 9.17) is 0 Å². The quantitative estimate of drug-likeness (QED) is 0.749. The molecule has 17 heavy (non-hydrogen) atoms. The maximum absolute atomic E-state index is 11.5. The highest BCUT2D eigenvalue weighted by Gasteiger charge is 2.42. The fourth-order valence-corrected chi connectivity index (χ4v) is 2.17. The van der Waals surface area contributed by atoms with Crippen LogP contribution in [0.1, 0.15) is 41.6 Å². The van der Waals surface area contributed by atoms with E-state index in [2.05, 4.69) is 4.74 Å². The molecule has 3 nitrogen and oxygen atoms in total. The number of hydrogen-bond donors (Lipinski definition) is 0. The Kier molecular flexibility index (Phi) is 3.27. The van der Waals surface area contributed by atoms with Gasteiger partial charge in [0.05, 0.1) is 12.7 Å². The largest absolute Gasteiger partial charge is 0.465 e. The molecule has 0 aromatic heterocycles. The predicted octanol–water partition coefficient (Wildman–Crippen LogP) is 2.56. The molecule has 3 heteroatoms. The Morgan fingerprint density at radius 1 is 1.29 bits per heavy atom. The number of benzene rings is 1. The summed E-state index contributed by atoms with van der Waals surface area (Å²) in [5.41, 5.74) is 1.69. The molecule has 1 fully saturated rings. The van der Waals surface area contributed by atoms with Crippen molar-refractivity contribution in [3.63, 3.8) is 0 Å². The number of esters is 1. The van der Waals surface area contributed by atoms with Crippen LogP contribution in [0.2, 0.25) is 0 Å². The van der Waals surface area contributed by atoms with Crippen molar-refractivity contribution in [1.82, 2.24) is 0 Å². The van der Waals surface area contributed by atoms with Crippen LogP contribution in [0, 0.1) is 5.92 Å². The standard InChI is InChI=1S/C14H16O3/c1-3-13(15)12-8-11(12)9-4-6-10(7-5-9)14(16)17-2/h4-7,11-12H,3,8H2,1-2H3. The van der Waals surface area contributed by atoms with Crippen LogP contribution >= 0.6 is 0 Å². The minimum Gasteiger partial charge on any atom is -0.465 e. The van der Waals surface area contributed by atoms with Crippen LogP contribution in [0.15, 0.2) is 24.3 Å². The number of methoxy groups -OCH3 is 1. The molecule has 0 aliphatic heterocycles. The van der Waals surface area contributed by atoms with E-state index in [0.717, 1.165) is 12.0 Å². The summed E-state index contributed by atoms with van der Waals surface area (Å²) in [6.07, 6.45) is 1.56. The van der Waals surface area contributed by atoms with Crippen LogP contribution in [0.25, 0.3) is 0 Å². The second-order valence-corrected chi connectivity index (χ2v) is 4.38. The van der Waals surface area contributed by atoms with Crippen molar-refractivity contribution in [3.8, 4) is 0 Å². The molecule has 2 rings (SSSR count). The van der Waals surface area contributed by atoms with Gasteiger partial charge in [0.15, 0.2) is 0 Å². The Morgan fingerprint density at radius 2 is 1.94 bits per heavy atom. The molecule has 2 unspecified atom stereocenters. The van der Waals surface area contributed by atoms with Crippen LogP contribution in [-0.2, 0) is 9.53 Å². The SMILES string of the molecule is CCC(=O)C1CC1c1ccc(C(=O)OC)cc1. The number of hydrogen-bond acceptors (Lipinski definition) is 3. The van der Waals surface area contributed by atoms with Crippen molar-refractivity contribution in [2.75, 3.05) is 7.11 Å². The normalized spacial score (nSPS) is 22.0. The fraction of sp³-hybridized carbons (Fsp3) is 0.429. The summed E-state index contributed by atoms with van der Waals surface area (Å²) in [5.74, 6) is 0.568. The van der Waals surface area contributed by atoms with Gasteiger partial charge in [0, 0.05) is 12.3 Å². The van der Waals surface area contributed by atoms with Gasteiger partial charge in [-0.1, -0.05) is 19.1 Å². The molecule has 1 saturated carbocycles. The van der Waals surface area contributed by atoms with Crippen LogP contribution < -0.4 is 0 Å². The first-order valence-electron chi connectivity index (χ1n) is 5.88. The van der Waals surface area contributed by atoms with Crippen molar-refractivity contribution < 1.29 is 14.3 Å². The van der Waals surface area contributed by atoms with Gasteiger partial charge < -0.3 is 4.74 Å². The first-order valence-corrected chi connectivity index (χ1v) is 5.88. The van der Waals surface area contributed by atoms with E-state index in [-0.39, 0.29) is 11.9 Å². The molecule has 0 spiro atoms. The zero-order valence-electron chi connectivity index (χ0n) is 10.1. The average Bonchev–Trinajstić information content (AvgIpc) is 3.17. The predicted molar refractivity (Wildman–Crippen MR) is 63.9 cm³/mol. The zero-order valence-corrected chi connectivity index (χ0v) is 10.1. The lowest BCUT2D eigenvalue weighted by Gasteiger charge is -2.02. The third-order valence-electron chi connectivity index (χ3n) is 3.31. The van der Waals surface area contributed by atoms with Gasteiger partial charge in [0.1, 0.15) is 5.78 Å². The molecule has 1 aliphatic carbocycles. The van der Waals surface area contributed by atoms with Crippen molar-refractivity contribution >= 4 is 11.8 Å². The second kappa shape index (κ2) is 4.70. The highest BCUT2D eigenvalue weighted by molar-refractivity contribution is 5.89. The van der Waals surface area contributed by atoms with E-state index < -0.39 is 0 Å². The Morgan fingerprint density at radius 3 is 2.47 bits per heavy atom. The van der Waals surface area contributed by atoms with E-state index in [1.165, 1.54) is 7.11 Å². The first kappa shape index (κ1) is 11.8. The molecule has 0 radical (unpaired) electrons. The summed E-state index contributed by atoms with van der Waals surface area (Å²) < 4.78 is 4.64. The highest BCUT2D eigenvalue weighted by Crippen LogP contribution is 2.48. The van der Waals surface area contributed by atoms with Gasteiger partial charge in [-0.25, -0.2) is 4.79 Å². The Balaban J connectivity index is 2.05. The lowest BCUT2D eigenvalue weighted by molar-refractivity contribution is -0.120. The Hall–Kier alpha value is -1.64. The van der Waals surface area contributed by atoms with Crippen LogP contribution in [0.4, 0.5) is 0 Å². The van der Waals surface area contributed by atoms with Crippen molar-refractivity contribution in [2.45, 2.75) is 25.7 Å². The summed E-state index contributed by atoms with van der Waals surface area (Å²) >= 11 is 0. The molecular weight excluding hydrogens is 216 g/mol. The first-order chi connectivity index (χ1) is 8.17. The molecule has 0 N–H and O–H groups in total. The molecule has 2 atom stereocenters. The molecular formula is C14H16O3.